The Hall–Kier alpha value is -2.40. The molecular weight excluding hydrogens is 396 g/mol. The minimum atomic E-state index is -0.821. The van der Waals surface area contributed by atoms with Crippen molar-refractivity contribution in [1.29, 1.82) is 5.26 Å². The Balaban J connectivity index is 1.84. The average molecular weight is 417 g/mol. The van der Waals surface area contributed by atoms with Gasteiger partial charge in [0.15, 0.2) is 0 Å². The van der Waals surface area contributed by atoms with E-state index in [2.05, 4.69) is 22.0 Å². The van der Waals surface area contributed by atoms with Crippen molar-refractivity contribution >= 4 is 34.8 Å². The number of carbonyl (C=O) groups is 2. The fraction of sp³-hybridized carbons (Fsp3) is 0.350. The predicted octanol–water partition coefficient (Wildman–Crippen LogP) is 3.27. The van der Waals surface area contributed by atoms with E-state index in [-0.39, 0.29) is 17.7 Å². The Bertz CT molecular complexity index is 907. The summed E-state index contributed by atoms with van der Waals surface area (Å²) in [5.74, 6) is -1.29. The first-order chi connectivity index (χ1) is 13.4. The standard InChI is InChI=1S/C20H21ClN4O2S/c1-11(2)19(26)23-9-12-3-4-16(21)14(7-12)18-24-17(13-5-6-28-10-13)15(8-22)20(27)25-18/h3-7,10-11,15,17-18,24H,9H2,1-2H3,(H,23,26)(H,25,27). The Morgan fingerprint density at radius 1 is 1.39 bits per heavy atom. The summed E-state index contributed by atoms with van der Waals surface area (Å²) in [6.45, 7) is 4.04. The normalized spacial score (nSPS) is 21.8. The second-order valence-corrected chi connectivity index (χ2v) is 8.16. The zero-order valence-corrected chi connectivity index (χ0v) is 17.1. The lowest BCUT2D eigenvalue weighted by atomic mass is 9.91. The summed E-state index contributed by atoms with van der Waals surface area (Å²) in [4.78, 5) is 24.4. The quantitative estimate of drug-likeness (QED) is 0.697. The molecule has 3 unspecified atom stereocenters. The van der Waals surface area contributed by atoms with Gasteiger partial charge in [-0.2, -0.15) is 16.6 Å². The van der Waals surface area contributed by atoms with E-state index in [1.165, 1.54) is 11.3 Å². The van der Waals surface area contributed by atoms with Gasteiger partial charge < -0.3 is 10.6 Å². The highest BCUT2D eigenvalue weighted by Gasteiger charge is 2.38. The van der Waals surface area contributed by atoms with Crippen LogP contribution in [0.25, 0.3) is 0 Å². The molecule has 0 aliphatic carbocycles. The summed E-state index contributed by atoms with van der Waals surface area (Å²) in [7, 11) is 0. The average Bonchev–Trinajstić information content (AvgIpc) is 3.21. The molecule has 0 saturated carbocycles. The number of rotatable bonds is 5. The molecule has 1 saturated heterocycles. The van der Waals surface area contributed by atoms with Crippen molar-refractivity contribution in [3.8, 4) is 6.07 Å². The molecule has 2 aromatic rings. The third kappa shape index (κ3) is 4.36. The summed E-state index contributed by atoms with van der Waals surface area (Å²) < 4.78 is 0. The second kappa shape index (κ2) is 8.74. The van der Waals surface area contributed by atoms with E-state index in [0.717, 1.165) is 11.1 Å². The van der Waals surface area contributed by atoms with Crippen LogP contribution in [0.15, 0.2) is 35.0 Å². The molecule has 6 nitrogen and oxygen atoms in total. The highest BCUT2D eigenvalue weighted by atomic mass is 35.5. The van der Waals surface area contributed by atoms with Gasteiger partial charge in [0.1, 0.15) is 12.1 Å². The molecule has 2 heterocycles. The van der Waals surface area contributed by atoms with Gasteiger partial charge in [-0.05, 0) is 40.1 Å². The number of nitrogens with zero attached hydrogens (tertiary/aromatic N) is 1. The molecule has 146 valence electrons. The topological polar surface area (TPSA) is 94.0 Å². The molecule has 1 aromatic heterocycles. The highest BCUT2D eigenvalue weighted by Crippen LogP contribution is 2.33. The van der Waals surface area contributed by atoms with Crippen molar-refractivity contribution in [1.82, 2.24) is 16.0 Å². The zero-order chi connectivity index (χ0) is 20.3. The van der Waals surface area contributed by atoms with Gasteiger partial charge in [0, 0.05) is 23.0 Å². The van der Waals surface area contributed by atoms with Gasteiger partial charge in [0.2, 0.25) is 11.8 Å². The van der Waals surface area contributed by atoms with E-state index in [1.807, 2.05) is 42.8 Å². The first kappa shape index (κ1) is 20.3. The van der Waals surface area contributed by atoms with Gasteiger partial charge in [-0.1, -0.05) is 31.5 Å². The van der Waals surface area contributed by atoms with Crippen molar-refractivity contribution in [3.05, 3.63) is 56.7 Å². The molecule has 1 aliphatic heterocycles. The van der Waals surface area contributed by atoms with Crippen LogP contribution < -0.4 is 16.0 Å². The van der Waals surface area contributed by atoms with E-state index in [4.69, 9.17) is 11.6 Å². The van der Waals surface area contributed by atoms with Crippen molar-refractivity contribution in [2.24, 2.45) is 11.8 Å². The van der Waals surface area contributed by atoms with Crippen molar-refractivity contribution in [2.75, 3.05) is 0 Å². The number of carbonyl (C=O) groups excluding carboxylic acids is 2. The summed E-state index contributed by atoms with van der Waals surface area (Å²) >= 11 is 7.91. The van der Waals surface area contributed by atoms with Crippen LogP contribution in [0.3, 0.4) is 0 Å². The lowest BCUT2D eigenvalue weighted by molar-refractivity contribution is -0.127. The number of hydrogen-bond acceptors (Lipinski definition) is 5. The molecule has 3 atom stereocenters. The highest BCUT2D eigenvalue weighted by molar-refractivity contribution is 7.08. The third-order valence-electron chi connectivity index (χ3n) is 4.65. The second-order valence-electron chi connectivity index (χ2n) is 6.98. The number of amides is 2. The molecule has 8 heteroatoms. The van der Waals surface area contributed by atoms with Gasteiger partial charge in [-0.3, -0.25) is 14.9 Å². The smallest absolute Gasteiger partial charge is 0.240 e. The maximum atomic E-state index is 12.5. The van der Waals surface area contributed by atoms with E-state index in [1.54, 1.807) is 6.07 Å². The van der Waals surface area contributed by atoms with Crippen LogP contribution >= 0.6 is 22.9 Å². The van der Waals surface area contributed by atoms with Crippen LogP contribution in [-0.4, -0.2) is 11.8 Å². The van der Waals surface area contributed by atoms with Crippen molar-refractivity contribution in [3.63, 3.8) is 0 Å². The minimum absolute atomic E-state index is 0.0324. The van der Waals surface area contributed by atoms with Gasteiger partial charge in [0.05, 0.1) is 12.1 Å². The number of hydrogen-bond donors (Lipinski definition) is 3. The number of halogens is 1. The summed E-state index contributed by atoms with van der Waals surface area (Å²) in [6.07, 6.45) is -0.532. The molecule has 28 heavy (non-hydrogen) atoms. The third-order valence-corrected chi connectivity index (χ3v) is 5.70. The molecule has 1 fully saturated rings. The van der Waals surface area contributed by atoms with E-state index >= 15 is 0 Å². The van der Waals surface area contributed by atoms with Crippen LogP contribution in [0.5, 0.6) is 0 Å². The molecular formula is C20H21ClN4O2S. The molecule has 0 radical (unpaired) electrons. The SMILES string of the molecule is CC(C)C(=O)NCc1ccc(Cl)c(C2NC(=O)C(C#N)C(c3ccsc3)N2)c1. The molecule has 1 aromatic carbocycles. The molecule has 2 amide bonds. The van der Waals surface area contributed by atoms with Gasteiger partial charge >= 0.3 is 0 Å². The van der Waals surface area contributed by atoms with Crippen molar-refractivity contribution < 1.29 is 9.59 Å². The fourth-order valence-electron chi connectivity index (χ4n) is 3.06. The van der Waals surface area contributed by atoms with Crippen LogP contribution in [-0.2, 0) is 16.1 Å². The molecule has 0 bridgehead atoms. The number of benzene rings is 1. The lowest BCUT2D eigenvalue weighted by Crippen LogP contribution is -2.52. The molecule has 1 aliphatic rings. The number of nitriles is 1. The Morgan fingerprint density at radius 3 is 2.82 bits per heavy atom. The molecule has 0 spiro atoms. The van der Waals surface area contributed by atoms with E-state index in [0.29, 0.717) is 17.1 Å². The first-order valence-corrected chi connectivity index (χ1v) is 10.3. The van der Waals surface area contributed by atoms with Gasteiger partial charge in [-0.15, -0.1) is 0 Å². The molecule has 3 N–H and O–H groups in total. The maximum absolute atomic E-state index is 12.5. The monoisotopic (exact) mass is 416 g/mol. The largest absolute Gasteiger partial charge is 0.352 e. The summed E-state index contributed by atoms with van der Waals surface area (Å²) in [6, 6.07) is 9.01. The van der Waals surface area contributed by atoms with Gasteiger partial charge in [-0.25, -0.2) is 0 Å². The van der Waals surface area contributed by atoms with Crippen LogP contribution in [0, 0.1) is 23.2 Å². The van der Waals surface area contributed by atoms with Crippen LogP contribution in [0.1, 0.15) is 42.7 Å². The number of thiophene rings is 1. The van der Waals surface area contributed by atoms with Crippen LogP contribution in [0.2, 0.25) is 5.02 Å². The van der Waals surface area contributed by atoms with E-state index in [9.17, 15) is 14.9 Å². The van der Waals surface area contributed by atoms with E-state index < -0.39 is 18.1 Å². The Labute approximate surface area is 172 Å². The Kier molecular flexibility index (Phi) is 6.35. The first-order valence-electron chi connectivity index (χ1n) is 8.95. The van der Waals surface area contributed by atoms with Crippen LogP contribution in [0.4, 0.5) is 0 Å². The predicted molar refractivity (Wildman–Crippen MR) is 108 cm³/mol. The number of nitrogens with one attached hydrogen (secondary N) is 3. The zero-order valence-electron chi connectivity index (χ0n) is 15.5. The maximum Gasteiger partial charge on any atom is 0.240 e. The fourth-order valence-corrected chi connectivity index (χ4v) is 3.98. The summed E-state index contributed by atoms with van der Waals surface area (Å²) in [5, 5.41) is 22.8. The lowest BCUT2D eigenvalue weighted by Gasteiger charge is -2.35. The molecule has 3 rings (SSSR count). The summed E-state index contributed by atoms with van der Waals surface area (Å²) in [5.41, 5.74) is 2.47. The van der Waals surface area contributed by atoms with Gasteiger partial charge in [0.25, 0.3) is 0 Å². The minimum Gasteiger partial charge on any atom is -0.352 e. The Morgan fingerprint density at radius 2 is 2.18 bits per heavy atom. The van der Waals surface area contributed by atoms with Crippen molar-refractivity contribution in [2.45, 2.75) is 32.6 Å².